The molecule has 2 aromatic heterocycles. The minimum atomic E-state index is -0.500. The van der Waals surface area contributed by atoms with Crippen LogP contribution in [-0.4, -0.2) is 20.9 Å². The summed E-state index contributed by atoms with van der Waals surface area (Å²) in [5.74, 6) is -0.500. The van der Waals surface area contributed by atoms with Crippen LogP contribution in [-0.2, 0) is 0 Å². The summed E-state index contributed by atoms with van der Waals surface area (Å²) < 4.78 is 0.725. The van der Waals surface area contributed by atoms with Crippen LogP contribution in [0.25, 0.3) is 22.6 Å². The highest BCUT2D eigenvalue weighted by atomic mass is 127. The van der Waals surface area contributed by atoms with Crippen molar-refractivity contribution >= 4 is 40.1 Å². The normalized spacial score (nSPS) is 10.7. The minimum Gasteiger partial charge on any atom is -0.365 e. The molecule has 116 valence electrons. The van der Waals surface area contributed by atoms with Crippen molar-refractivity contribution < 1.29 is 4.79 Å². The van der Waals surface area contributed by atoms with Crippen LogP contribution in [0.1, 0.15) is 15.9 Å². The Labute approximate surface area is 151 Å². The van der Waals surface area contributed by atoms with Crippen LogP contribution in [0, 0.1) is 10.5 Å². The Balaban J connectivity index is 2.29. The zero-order valence-electron chi connectivity index (χ0n) is 12.1. The van der Waals surface area contributed by atoms with E-state index in [1.807, 2.05) is 25.1 Å². The smallest absolute Gasteiger partial charge is 0.251 e. The third kappa shape index (κ3) is 2.96. The number of primary amides is 1. The van der Waals surface area contributed by atoms with Crippen molar-refractivity contribution in [3.05, 3.63) is 56.5 Å². The van der Waals surface area contributed by atoms with E-state index in [1.54, 1.807) is 12.3 Å². The van der Waals surface area contributed by atoms with Gasteiger partial charge in [-0.25, -0.2) is 9.97 Å². The Kier molecular flexibility index (Phi) is 4.36. The summed E-state index contributed by atoms with van der Waals surface area (Å²) in [6, 6.07) is 7.30. The molecule has 1 amide bonds. The fourth-order valence-electron chi connectivity index (χ4n) is 2.39. The van der Waals surface area contributed by atoms with Crippen molar-refractivity contribution in [2.45, 2.75) is 6.92 Å². The number of aromatic nitrogens is 3. The van der Waals surface area contributed by atoms with Crippen molar-refractivity contribution in [2.75, 3.05) is 0 Å². The number of amides is 1. The highest BCUT2D eigenvalue weighted by Crippen LogP contribution is 2.36. The van der Waals surface area contributed by atoms with Crippen molar-refractivity contribution in [2.24, 2.45) is 5.73 Å². The van der Waals surface area contributed by atoms with Gasteiger partial charge in [0.2, 0.25) is 0 Å². The van der Waals surface area contributed by atoms with Crippen LogP contribution in [0.15, 0.2) is 36.8 Å². The first-order valence-corrected chi connectivity index (χ1v) is 8.19. The molecule has 5 nitrogen and oxygen atoms in total. The Morgan fingerprint density at radius 3 is 2.74 bits per heavy atom. The molecule has 3 aromatic rings. The van der Waals surface area contributed by atoms with Crippen LogP contribution in [0.5, 0.6) is 0 Å². The Morgan fingerprint density at radius 2 is 2.09 bits per heavy atom. The van der Waals surface area contributed by atoms with Gasteiger partial charge in [-0.05, 0) is 53.3 Å². The number of benzene rings is 1. The van der Waals surface area contributed by atoms with Gasteiger partial charge in [0.05, 0.1) is 26.2 Å². The topological polar surface area (TPSA) is 84.7 Å². The summed E-state index contributed by atoms with van der Waals surface area (Å²) >= 11 is 8.21. The standard InChI is InChI=1S/C16H12ClIN4O/c1-8-2-3-9(17)6-10(8)14-12(16(19)23)13(18)15(22-14)11-4-5-20-7-21-11/h2-7,22H,1H3,(H2,19,23). The quantitative estimate of drug-likeness (QED) is 0.610. The van der Waals surface area contributed by atoms with Crippen LogP contribution in [0.4, 0.5) is 0 Å². The number of nitrogens with one attached hydrogen (secondary N) is 1. The van der Waals surface area contributed by atoms with E-state index in [9.17, 15) is 4.79 Å². The van der Waals surface area contributed by atoms with Gasteiger partial charge in [0.15, 0.2) is 0 Å². The Hall–Kier alpha value is -1.93. The maximum Gasteiger partial charge on any atom is 0.251 e. The highest BCUT2D eigenvalue weighted by Gasteiger charge is 2.23. The molecule has 0 aliphatic rings. The summed E-state index contributed by atoms with van der Waals surface area (Å²) in [6.07, 6.45) is 3.11. The third-order valence-electron chi connectivity index (χ3n) is 3.49. The number of nitrogens with two attached hydrogens (primary N) is 1. The molecule has 2 heterocycles. The highest BCUT2D eigenvalue weighted by molar-refractivity contribution is 14.1. The number of carbonyl (C=O) groups is 1. The van der Waals surface area contributed by atoms with Crippen molar-refractivity contribution in [1.29, 1.82) is 0 Å². The number of halogens is 2. The summed E-state index contributed by atoms with van der Waals surface area (Å²) in [6.45, 7) is 1.95. The third-order valence-corrected chi connectivity index (χ3v) is 4.81. The molecule has 0 spiro atoms. The van der Waals surface area contributed by atoms with E-state index in [0.717, 1.165) is 20.4 Å². The van der Waals surface area contributed by atoms with Gasteiger partial charge in [-0.2, -0.15) is 0 Å². The number of aryl methyl sites for hydroxylation is 1. The van der Waals surface area contributed by atoms with E-state index >= 15 is 0 Å². The zero-order chi connectivity index (χ0) is 16.6. The van der Waals surface area contributed by atoms with E-state index in [-0.39, 0.29) is 0 Å². The second-order valence-electron chi connectivity index (χ2n) is 4.98. The monoisotopic (exact) mass is 438 g/mol. The average Bonchev–Trinajstić information content (AvgIpc) is 2.88. The first-order valence-electron chi connectivity index (χ1n) is 6.73. The molecule has 0 fully saturated rings. The molecule has 0 unspecified atom stereocenters. The fourth-order valence-corrected chi connectivity index (χ4v) is 3.51. The lowest BCUT2D eigenvalue weighted by atomic mass is 10.0. The molecule has 0 saturated carbocycles. The molecule has 0 atom stereocenters. The predicted octanol–water partition coefficient (Wildman–Crippen LogP) is 3.80. The first kappa shape index (κ1) is 15.9. The molecule has 0 bridgehead atoms. The van der Waals surface area contributed by atoms with Gasteiger partial charge in [0.1, 0.15) is 6.33 Å². The number of H-pyrrole nitrogens is 1. The first-order chi connectivity index (χ1) is 11.0. The number of hydrogen-bond acceptors (Lipinski definition) is 3. The van der Waals surface area contributed by atoms with Gasteiger partial charge >= 0.3 is 0 Å². The lowest BCUT2D eigenvalue weighted by molar-refractivity contribution is 0.100. The van der Waals surface area contributed by atoms with Crippen molar-refractivity contribution in [3.8, 4) is 22.6 Å². The van der Waals surface area contributed by atoms with Crippen LogP contribution >= 0.6 is 34.2 Å². The lowest BCUT2D eigenvalue weighted by Crippen LogP contribution is -2.13. The molecule has 0 radical (unpaired) electrons. The van der Waals surface area contributed by atoms with E-state index in [4.69, 9.17) is 17.3 Å². The van der Waals surface area contributed by atoms with Crippen LogP contribution < -0.4 is 5.73 Å². The maximum absolute atomic E-state index is 12.0. The number of aromatic amines is 1. The largest absolute Gasteiger partial charge is 0.365 e. The zero-order valence-corrected chi connectivity index (χ0v) is 15.0. The molecule has 7 heteroatoms. The number of hydrogen-bond donors (Lipinski definition) is 2. The molecule has 0 aliphatic heterocycles. The molecular formula is C16H12ClIN4O. The van der Waals surface area contributed by atoms with Crippen LogP contribution in [0.3, 0.4) is 0 Å². The van der Waals surface area contributed by atoms with Gasteiger partial charge in [0, 0.05) is 16.8 Å². The van der Waals surface area contributed by atoms with Gasteiger partial charge < -0.3 is 10.7 Å². The summed E-state index contributed by atoms with van der Waals surface area (Å²) in [7, 11) is 0. The SMILES string of the molecule is Cc1ccc(Cl)cc1-c1[nH]c(-c2ccncn2)c(I)c1C(N)=O. The maximum atomic E-state index is 12.0. The van der Waals surface area contributed by atoms with E-state index < -0.39 is 5.91 Å². The fraction of sp³-hybridized carbons (Fsp3) is 0.0625. The molecular weight excluding hydrogens is 427 g/mol. The molecule has 0 aliphatic carbocycles. The van der Waals surface area contributed by atoms with E-state index in [0.29, 0.717) is 22.0 Å². The molecule has 3 rings (SSSR count). The number of rotatable bonds is 3. The summed E-state index contributed by atoms with van der Waals surface area (Å²) in [5.41, 5.74) is 9.94. The number of carbonyl (C=O) groups excluding carboxylic acids is 1. The molecule has 0 saturated heterocycles. The lowest BCUT2D eigenvalue weighted by Gasteiger charge is -2.06. The van der Waals surface area contributed by atoms with Gasteiger partial charge in [-0.1, -0.05) is 17.7 Å². The van der Waals surface area contributed by atoms with Crippen molar-refractivity contribution in [1.82, 2.24) is 15.0 Å². The predicted molar refractivity (Wildman–Crippen MR) is 98.2 cm³/mol. The summed E-state index contributed by atoms with van der Waals surface area (Å²) in [5, 5.41) is 0.592. The van der Waals surface area contributed by atoms with E-state index in [2.05, 4.69) is 37.5 Å². The second kappa shape index (κ2) is 6.29. The second-order valence-corrected chi connectivity index (χ2v) is 6.50. The molecule has 3 N–H and O–H groups in total. The molecule has 23 heavy (non-hydrogen) atoms. The van der Waals surface area contributed by atoms with Gasteiger partial charge in [0.25, 0.3) is 5.91 Å². The molecule has 1 aromatic carbocycles. The van der Waals surface area contributed by atoms with E-state index in [1.165, 1.54) is 6.33 Å². The number of nitrogens with zero attached hydrogens (tertiary/aromatic N) is 2. The van der Waals surface area contributed by atoms with Crippen molar-refractivity contribution in [3.63, 3.8) is 0 Å². The average molecular weight is 439 g/mol. The van der Waals surface area contributed by atoms with Crippen LogP contribution in [0.2, 0.25) is 5.02 Å². The van der Waals surface area contributed by atoms with Gasteiger partial charge in [-0.15, -0.1) is 0 Å². The van der Waals surface area contributed by atoms with Gasteiger partial charge in [-0.3, -0.25) is 4.79 Å². The minimum absolute atomic E-state index is 0.435. The summed E-state index contributed by atoms with van der Waals surface area (Å²) in [4.78, 5) is 23.4. The Morgan fingerprint density at radius 1 is 1.30 bits per heavy atom. The Bertz CT molecular complexity index is 893.